The molecule has 0 N–H and O–H groups in total. The summed E-state index contributed by atoms with van der Waals surface area (Å²) in [6, 6.07) is -0.137. The molecule has 216 valence electrons. The Bertz CT molecular complexity index is 1130. The highest BCUT2D eigenvalue weighted by molar-refractivity contribution is 8.45. The van der Waals surface area contributed by atoms with Gasteiger partial charge in [0.25, 0.3) is 15.8 Å². The van der Waals surface area contributed by atoms with E-state index in [2.05, 4.69) is 19.1 Å². The van der Waals surface area contributed by atoms with Crippen molar-refractivity contribution in [3.05, 3.63) is 49.6 Å². The first-order valence-corrected chi connectivity index (χ1v) is 11.8. The summed E-state index contributed by atoms with van der Waals surface area (Å²) in [5.41, 5.74) is -4.96. The smallest absolute Gasteiger partial charge is 0.469 e. The molecule has 0 saturated heterocycles. The molecule has 2 rings (SSSR count). The van der Waals surface area contributed by atoms with E-state index in [0.29, 0.717) is 6.08 Å². The first kappa shape index (κ1) is 30.4. The van der Waals surface area contributed by atoms with Gasteiger partial charge < -0.3 is 23.9 Å². The van der Waals surface area contributed by atoms with Crippen LogP contribution in [0.2, 0.25) is 0 Å². The number of hydrogen-bond donors (Lipinski definition) is 0. The molecule has 1 aromatic carbocycles. The predicted octanol–water partition coefficient (Wildman–Crippen LogP) is 5.55. The lowest BCUT2D eigenvalue weighted by Gasteiger charge is -2.42. The number of rotatable bonds is 11. The van der Waals surface area contributed by atoms with Gasteiger partial charge in [0.05, 0.1) is 0 Å². The monoisotopic (exact) mass is 592 g/mol. The summed E-state index contributed by atoms with van der Waals surface area (Å²) in [7, 11) is -10.2. The summed E-state index contributed by atoms with van der Waals surface area (Å²) >= 11 is 0. The highest BCUT2D eigenvalue weighted by Crippen LogP contribution is 3.02. The zero-order valence-corrected chi connectivity index (χ0v) is 19.4. The zero-order valence-electron chi connectivity index (χ0n) is 18.6. The van der Waals surface area contributed by atoms with Gasteiger partial charge >= 0.3 is 22.6 Å². The number of carbonyl (C=O) groups excluding carboxylic acids is 1. The molecule has 0 bridgehead atoms. The van der Waals surface area contributed by atoms with Gasteiger partial charge in [-0.2, -0.15) is 13.2 Å². The fourth-order valence-corrected chi connectivity index (χ4v) is 3.62. The first-order chi connectivity index (χ1) is 17.1. The second-order valence-electron chi connectivity index (χ2n) is 7.46. The Balaban J connectivity index is 2.32. The number of ether oxygens (including phenoxy) is 3. The summed E-state index contributed by atoms with van der Waals surface area (Å²) in [6.07, 6.45) is -9.18. The Morgan fingerprint density at radius 3 is 2.08 bits per heavy atom. The molecule has 0 aliphatic carbocycles. The number of halogens is 8. The minimum atomic E-state index is -10.2. The molecule has 1 atom stereocenters. The van der Waals surface area contributed by atoms with E-state index >= 15 is 0 Å². The van der Waals surface area contributed by atoms with Crippen LogP contribution >= 0.6 is 10.2 Å². The van der Waals surface area contributed by atoms with Crippen molar-refractivity contribution in [2.75, 3.05) is 19.8 Å². The predicted molar refractivity (Wildman–Crippen MR) is 108 cm³/mol. The number of benzene rings is 1. The van der Waals surface area contributed by atoms with Gasteiger partial charge in [0.2, 0.25) is 0 Å². The molecule has 0 radical (unpaired) electrons. The van der Waals surface area contributed by atoms with E-state index in [1.54, 1.807) is 0 Å². The Kier molecular flexibility index (Phi) is 7.62. The molecule has 1 aromatic rings. The molecule has 1 aliphatic heterocycles. The third kappa shape index (κ3) is 7.61. The molecule has 0 amide bonds. The van der Waals surface area contributed by atoms with Gasteiger partial charge in [0.1, 0.15) is 30.5 Å². The average molecular weight is 592 g/mol. The Labute approximate surface area is 205 Å². The fourth-order valence-electron chi connectivity index (χ4n) is 2.91. The van der Waals surface area contributed by atoms with Gasteiger partial charge in [-0.25, -0.2) is 4.79 Å². The van der Waals surface area contributed by atoms with E-state index in [4.69, 9.17) is 4.74 Å². The molecule has 1 heterocycles. The summed E-state index contributed by atoms with van der Waals surface area (Å²) in [5, 5.41) is 17.8. The highest BCUT2D eigenvalue weighted by atomic mass is 32.5. The van der Waals surface area contributed by atoms with Crippen LogP contribution in [0.4, 0.5) is 37.4 Å². The Morgan fingerprint density at radius 2 is 1.63 bits per heavy atom. The van der Waals surface area contributed by atoms with Gasteiger partial charge in [-0.15, -0.1) is 20.2 Å². The van der Waals surface area contributed by atoms with E-state index in [0.717, 1.165) is 6.92 Å². The van der Waals surface area contributed by atoms with Crippen LogP contribution in [0.15, 0.2) is 23.1 Å². The van der Waals surface area contributed by atoms with Crippen LogP contribution in [0.3, 0.4) is 0 Å². The van der Waals surface area contributed by atoms with E-state index < -0.39 is 92.4 Å². The van der Waals surface area contributed by atoms with Crippen LogP contribution in [0, 0.1) is 20.2 Å². The second-order valence-corrected chi connectivity index (χ2v) is 9.87. The molecule has 21 heteroatoms. The SMILES string of the molecule is CCc1cc(S(F)(F)(F)(F)F)cc2c1OC(COC(=O)OC(CO[N+](=O)[O-])CO[N+](=O)[O-])(C(F)(F)F)C=C2. The Morgan fingerprint density at radius 1 is 1.08 bits per heavy atom. The van der Waals surface area contributed by atoms with Crippen LogP contribution in [0.1, 0.15) is 18.1 Å². The van der Waals surface area contributed by atoms with Crippen molar-refractivity contribution in [2.45, 2.75) is 36.1 Å². The van der Waals surface area contributed by atoms with Gasteiger partial charge in [0.15, 0.2) is 6.10 Å². The molecule has 0 saturated carbocycles. The molecule has 0 fully saturated rings. The van der Waals surface area contributed by atoms with E-state index in [-0.39, 0.29) is 18.2 Å². The van der Waals surface area contributed by atoms with Crippen molar-refractivity contribution in [3.63, 3.8) is 0 Å². The lowest BCUT2D eigenvalue weighted by atomic mass is 9.96. The van der Waals surface area contributed by atoms with Crippen molar-refractivity contribution in [2.24, 2.45) is 0 Å². The van der Waals surface area contributed by atoms with Gasteiger partial charge in [-0.3, -0.25) is 0 Å². The standard InChI is InChI=1S/C17H16F8N2O10S/c1-2-10-5-13(38(21,22,23,24)25)6-11-3-4-16(17(18,19)20,37-14(10)11)9-33-15(28)36-12(7-34-26(29)30)8-35-27(31)32/h3-6,12H,2,7-9H2,1H3. The summed E-state index contributed by atoms with van der Waals surface area (Å²) < 4.78 is 122. The van der Waals surface area contributed by atoms with Crippen molar-refractivity contribution in [1.29, 1.82) is 0 Å². The maximum Gasteiger partial charge on any atom is 0.508 e. The van der Waals surface area contributed by atoms with E-state index in [1.807, 2.05) is 0 Å². The second kappa shape index (κ2) is 9.51. The molecule has 0 spiro atoms. The van der Waals surface area contributed by atoms with Crippen LogP contribution in [-0.2, 0) is 25.6 Å². The summed E-state index contributed by atoms with van der Waals surface area (Å²) in [4.78, 5) is 37.8. The number of aryl methyl sites for hydroxylation is 1. The third-order valence-corrected chi connectivity index (χ3v) is 5.82. The Hall–Kier alpha value is -3.78. The quantitative estimate of drug-likeness (QED) is 0.138. The van der Waals surface area contributed by atoms with Crippen molar-refractivity contribution in [1.82, 2.24) is 0 Å². The van der Waals surface area contributed by atoms with Crippen LogP contribution in [0.25, 0.3) is 6.08 Å². The van der Waals surface area contributed by atoms with E-state index in [1.165, 1.54) is 0 Å². The molecule has 1 unspecified atom stereocenters. The molecular formula is C17H16F8N2O10S. The summed E-state index contributed by atoms with van der Waals surface area (Å²) in [6.45, 7) is -2.86. The van der Waals surface area contributed by atoms with Crippen LogP contribution in [0.5, 0.6) is 5.75 Å². The van der Waals surface area contributed by atoms with E-state index in [9.17, 15) is 57.6 Å². The first-order valence-electron chi connectivity index (χ1n) is 9.81. The van der Waals surface area contributed by atoms with Gasteiger partial charge in [-0.1, -0.05) is 32.4 Å². The fraction of sp³-hybridized carbons (Fsp3) is 0.471. The normalized spacial score (nSPS) is 18.9. The average Bonchev–Trinajstić information content (AvgIpc) is 2.76. The topological polar surface area (TPSA) is 150 Å². The number of nitrogens with zero attached hydrogens (tertiary/aromatic N) is 2. The molecule has 1 aliphatic rings. The maximum atomic E-state index is 14.0. The van der Waals surface area contributed by atoms with Gasteiger partial charge in [-0.05, 0) is 30.2 Å². The van der Waals surface area contributed by atoms with Gasteiger partial charge in [0, 0.05) is 5.56 Å². The van der Waals surface area contributed by atoms with Crippen LogP contribution in [-0.4, -0.2) is 54.0 Å². The van der Waals surface area contributed by atoms with Crippen molar-refractivity contribution < 1.29 is 71.5 Å². The largest absolute Gasteiger partial charge is 0.508 e. The molecular weight excluding hydrogens is 576 g/mol. The summed E-state index contributed by atoms with van der Waals surface area (Å²) in [5.74, 6) is -0.841. The van der Waals surface area contributed by atoms with Crippen molar-refractivity contribution >= 4 is 22.5 Å². The maximum absolute atomic E-state index is 14.0. The minimum absolute atomic E-state index is 0.0506. The third-order valence-electron chi connectivity index (χ3n) is 4.69. The molecule has 12 nitrogen and oxygen atoms in total. The number of alkyl halides is 3. The molecule has 38 heavy (non-hydrogen) atoms. The highest BCUT2D eigenvalue weighted by Gasteiger charge is 2.66. The van der Waals surface area contributed by atoms with Crippen LogP contribution < -0.4 is 4.74 Å². The minimum Gasteiger partial charge on any atom is -0.469 e. The zero-order chi connectivity index (χ0) is 29.2. The number of carbonyl (C=O) groups is 1. The number of fused-ring (bicyclic) bond motifs is 1. The number of hydrogen-bond acceptors (Lipinski definition) is 10. The lowest BCUT2D eigenvalue weighted by molar-refractivity contribution is -0.768. The molecule has 0 aromatic heterocycles. The van der Waals surface area contributed by atoms with Crippen molar-refractivity contribution in [3.8, 4) is 5.75 Å². The lowest BCUT2D eigenvalue weighted by Crippen LogP contribution is -2.54.